The number of Topliss-reactive ketones (excluding diaryl/α,β-unsaturated/α-hetero) is 1. The highest BCUT2D eigenvalue weighted by molar-refractivity contribution is 8.00. The van der Waals surface area contributed by atoms with Crippen LogP contribution in [-0.2, 0) is 14.3 Å². The molecule has 1 unspecified atom stereocenters. The number of hydrogen-bond acceptors (Lipinski definition) is 10. The molecule has 3 aliphatic carbocycles. The molecule has 1 aromatic carbocycles. The van der Waals surface area contributed by atoms with Crippen molar-refractivity contribution < 1.29 is 24.2 Å². The Morgan fingerprint density at radius 1 is 1.26 bits per heavy atom. The van der Waals surface area contributed by atoms with E-state index >= 15 is 0 Å². The fourth-order valence-corrected chi connectivity index (χ4v) is 9.64. The molecule has 0 radical (unpaired) electrons. The van der Waals surface area contributed by atoms with E-state index < -0.39 is 35.0 Å². The van der Waals surface area contributed by atoms with Crippen LogP contribution in [0.3, 0.4) is 0 Å². The summed E-state index contributed by atoms with van der Waals surface area (Å²) in [5, 5.41) is 15.2. The molecule has 3 fully saturated rings. The van der Waals surface area contributed by atoms with E-state index in [1.807, 2.05) is 6.92 Å². The first-order valence-electron chi connectivity index (χ1n) is 16.0. The number of ether oxygens (including phenoxy) is 1. The molecule has 250 valence electrons. The zero-order valence-electron chi connectivity index (χ0n) is 27.0. The number of aliphatic hydroxyl groups excluding tert-OH is 1. The topological polar surface area (TPSA) is 162 Å². The molecular weight excluding hydrogens is 640 g/mol. The number of rotatable bonds is 6. The Kier molecular flexibility index (Phi) is 8.67. The highest BCUT2D eigenvalue weighted by atomic mass is 35.5. The summed E-state index contributed by atoms with van der Waals surface area (Å²) in [6.07, 6.45) is 4.99. The maximum atomic E-state index is 13.7. The number of nitrogens with one attached hydrogen (secondary N) is 1. The molecule has 11 nitrogen and oxygen atoms in total. The summed E-state index contributed by atoms with van der Waals surface area (Å²) in [6.45, 7) is 12.4. The Balaban J connectivity index is 1.26. The Bertz CT molecular complexity index is 1770. The maximum Gasteiger partial charge on any atom is 0.333 e. The van der Waals surface area contributed by atoms with Crippen LogP contribution < -0.4 is 11.1 Å². The van der Waals surface area contributed by atoms with Gasteiger partial charge in [0.25, 0.3) is 0 Å². The van der Waals surface area contributed by atoms with Crippen LogP contribution in [0.25, 0.3) is 11.2 Å². The molecule has 6 rings (SSSR count). The van der Waals surface area contributed by atoms with Crippen molar-refractivity contribution in [3.8, 4) is 0 Å². The largest absolute Gasteiger partial charge is 0.461 e. The monoisotopic (exact) mass is 680 g/mol. The predicted molar refractivity (Wildman–Crippen MR) is 181 cm³/mol. The smallest absolute Gasteiger partial charge is 0.333 e. The molecule has 47 heavy (non-hydrogen) atoms. The van der Waals surface area contributed by atoms with Crippen molar-refractivity contribution in [2.45, 2.75) is 77.0 Å². The number of nitrogens with zero attached hydrogens (tertiary/aromatic N) is 4. The van der Waals surface area contributed by atoms with Gasteiger partial charge in [0.1, 0.15) is 28.8 Å². The van der Waals surface area contributed by atoms with Gasteiger partial charge in [-0.25, -0.2) is 19.3 Å². The van der Waals surface area contributed by atoms with Crippen LogP contribution in [0.15, 0.2) is 48.3 Å². The average molecular weight is 681 g/mol. The van der Waals surface area contributed by atoms with Gasteiger partial charge in [-0.15, -0.1) is 6.58 Å². The molecule has 4 N–H and O–H groups in total. The number of nitrogen functional groups attached to an aromatic ring is 1. The SMILES string of the molecule is C=C[C@]1(C)C[C@@H](OC(=O)CSc2nc(N)nc3c2ncn3C(=O)Nc2ccccc2Cl)[C@@]2(C)C3C(=O)CC[C@@]3(CC[C@H]2C)[C@@H](C)[C@@H]1O. The van der Waals surface area contributed by atoms with Crippen molar-refractivity contribution in [2.24, 2.45) is 34.0 Å². The molecule has 0 spiro atoms. The second-order valence-electron chi connectivity index (χ2n) is 13.9. The zero-order valence-corrected chi connectivity index (χ0v) is 28.6. The van der Waals surface area contributed by atoms with Crippen LogP contribution in [0.2, 0.25) is 5.02 Å². The van der Waals surface area contributed by atoms with Crippen LogP contribution in [0.4, 0.5) is 16.4 Å². The molecule has 2 heterocycles. The molecule has 2 aromatic heterocycles. The summed E-state index contributed by atoms with van der Waals surface area (Å²) in [5.41, 5.74) is 5.20. The molecule has 2 bridgehead atoms. The number of imidazole rings is 1. The molecule has 3 saturated carbocycles. The van der Waals surface area contributed by atoms with Crippen molar-refractivity contribution in [3.63, 3.8) is 0 Å². The number of fused-ring (bicyclic) bond motifs is 1. The van der Waals surface area contributed by atoms with E-state index in [4.69, 9.17) is 22.1 Å². The van der Waals surface area contributed by atoms with E-state index in [-0.39, 0.29) is 46.3 Å². The third kappa shape index (κ3) is 5.42. The molecule has 3 aliphatic rings. The molecular formula is C34H41ClN6O5S. The lowest BCUT2D eigenvalue weighted by Gasteiger charge is -2.61. The minimum absolute atomic E-state index is 0.0924. The van der Waals surface area contributed by atoms with Gasteiger partial charge in [-0.3, -0.25) is 9.59 Å². The first-order chi connectivity index (χ1) is 22.2. The van der Waals surface area contributed by atoms with E-state index in [1.165, 1.54) is 10.9 Å². The summed E-state index contributed by atoms with van der Waals surface area (Å²) in [7, 11) is 0. The number of amides is 1. The number of esters is 1. The Labute approximate surface area is 283 Å². The van der Waals surface area contributed by atoms with E-state index in [1.54, 1.807) is 30.3 Å². The number of halogens is 1. The van der Waals surface area contributed by atoms with Gasteiger partial charge >= 0.3 is 12.0 Å². The van der Waals surface area contributed by atoms with Crippen molar-refractivity contribution in [1.29, 1.82) is 0 Å². The van der Waals surface area contributed by atoms with Gasteiger partial charge in [-0.05, 0) is 55.1 Å². The third-order valence-corrected chi connectivity index (χ3v) is 12.9. The van der Waals surface area contributed by atoms with Gasteiger partial charge in [0.15, 0.2) is 5.65 Å². The van der Waals surface area contributed by atoms with Crippen molar-refractivity contribution in [2.75, 3.05) is 16.8 Å². The molecule has 0 saturated heterocycles. The van der Waals surface area contributed by atoms with E-state index in [2.05, 4.69) is 47.6 Å². The molecule has 13 heteroatoms. The third-order valence-electron chi connectivity index (χ3n) is 11.6. The number of thioether (sulfide) groups is 1. The van der Waals surface area contributed by atoms with Gasteiger partial charge in [-0.1, -0.05) is 69.3 Å². The average Bonchev–Trinajstić information content (AvgIpc) is 3.63. The quantitative estimate of drug-likeness (QED) is 0.119. The van der Waals surface area contributed by atoms with Crippen LogP contribution in [0.1, 0.15) is 59.8 Å². The van der Waals surface area contributed by atoms with Crippen LogP contribution in [0.5, 0.6) is 0 Å². The summed E-state index contributed by atoms with van der Waals surface area (Å²) < 4.78 is 7.56. The number of nitrogens with two attached hydrogens (primary N) is 1. The number of benzene rings is 1. The van der Waals surface area contributed by atoms with E-state index in [0.717, 1.165) is 31.0 Å². The minimum atomic E-state index is -0.746. The van der Waals surface area contributed by atoms with Gasteiger partial charge < -0.3 is 20.9 Å². The van der Waals surface area contributed by atoms with Crippen molar-refractivity contribution >= 4 is 63.9 Å². The van der Waals surface area contributed by atoms with Crippen molar-refractivity contribution in [1.82, 2.24) is 19.5 Å². The number of aliphatic hydroxyl groups is 1. The van der Waals surface area contributed by atoms with Gasteiger partial charge in [0, 0.05) is 23.2 Å². The summed E-state index contributed by atoms with van der Waals surface area (Å²) in [4.78, 5) is 53.3. The summed E-state index contributed by atoms with van der Waals surface area (Å²) in [6, 6.07) is 6.28. The fourth-order valence-electron chi connectivity index (χ4n) is 8.70. The highest BCUT2D eigenvalue weighted by Crippen LogP contribution is 2.68. The highest BCUT2D eigenvalue weighted by Gasteiger charge is 2.68. The second-order valence-corrected chi connectivity index (χ2v) is 15.3. The van der Waals surface area contributed by atoms with Crippen molar-refractivity contribution in [3.05, 3.63) is 48.3 Å². The lowest BCUT2D eigenvalue weighted by molar-refractivity contribution is -0.205. The molecule has 8 atom stereocenters. The molecule has 0 aliphatic heterocycles. The predicted octanol–water partition coefficient (Wildman–Crippen LogP) is 6.14. The van der Waals surface area contributed by atoms with E-state index in [0.29, 0.717) is 34.1 Å². The van der Waals surface area contributed by atoms with Gasteiger partial charge in [0.2, 0.25) is 5.95 Å². The number of hydrogen-bond donors (Lipinski definition) is 3. The first-order valence-corrected chi connectivity index (χ1v) is 17.3. The van der Waals surface area contributed by atoms with Crippen LogP contribution in [0, 0.1) is 34.0 Å². The minimum Gasteiger partial charge on any atom is -0.461 e. The lowest BCUT2D eigenvalue weighted by atomic mass is 9.44. The number of carbonyl (C=O) groups excluding carboxylic acids is 3. The summed E-state index contributed by atoms with van der Waals surface area (Å²) in [5.74, 6) is -0.825. The van der Waals surface area contributed by atoms with Gasteiger partial charge in [0.05, 0.1) is 22.6 Å². The second kappa shape index (κ2) is 12.2. The molecule has 3 aromatic rings. The fraction of sp³-hybridized carbons (Fsp3) is 0.529. The Hall–Kier alpha value is -3.48. The Morgan fingerprint density at radius 2 is 2.00 bits per heavy atom. The number of ketones is 1. The lowest BCUT2D eigenvalue weighted by Crippen LogP contribution is -2.63. The first kappa shape index (κ1) is 33.4. The number of anilines is 2. The number of carbonyl (C=O) groups is 3. The number of para-hydroxylation sites is 1. The summed E-state index contributed by atoms with van der Waals surface area (Å²) >= 11 is 7.28. The standard InChI is InChI=1S/C34H41ClN6O5S/c1-6-32(4)15-23(33(5)18(2)11-13-34(19(3)27(32)44)14-12-22(42)26(33)34)46-24(43)16-47-29-25-28(39-30(36)40-29)41(17-37-25)31(45)38-21-10-8-7-9-20(21)35/h6-10,17-19,23,26-27,44H,1,11-16H2,2-5H3,(H,38,45)(H2,36,39,40)/t18-,19+,23-,26?,27+,32-,33+,34+/m1/s1. The number of aromatic nitrogens is 4. The van der Waals surface area contributed by atoms with Gasteiger partial charge in [-0.2, -0.15) is 4.98 Å². The molecule has 1 amide bonds. The zero-order chi connectivity index (χ0) is 33.9. The van der Waals surface area contributed by atoms with E-state index in [9.17, 15) is 19.5 Å². The Morgan fingerprint density at radius 3 is 2.72 bits per heavy atom. The van der Waals surface area contributed by atoms with Crippen LogP contribution in [-0.4, -0.2) is 60.4 Å². The maximum absolute atomic E-state index is 13.7. The van der Waals surface area contributed by atoms with Crippen LogP contribution >= 0.6 is 23.4 Å². The normalized spacial score (nSPS) is 33.5.